The van der Waals surface area contributed by atoms with Crippen LogP contribution in [0.25, 0.3) is 106 Å². The van der Waals surface area contributed by atoms with E-state index in [0.717, 1.165) is 6.42 Å². The van der Waals surface area contributed by atoms with Crippen molar-refractivity contribution in [2.24, 2.45) is 0 Å². The molecule has 4 heteroatoms. The Morgan fingerprint density at radius 3 is 1.39 bits per heavy atom. The van der Waals surface area contributed by atoms with Gasteiger partial charge in [0.05, 0.1) is 22.6 Å². The molecule has 4 aliphatic heterocycles. The fourth-order valence-corrected chi connectivity index (χ4v) is 23.6. The van der Waals surface area contributed by atoms with Crippen LogP contribution in [0.4, 0.5) is 28.4 Å². The molecule has 6 aliphatic carbocycles. The third-order valence-electron chi connectivity index (χ3n) is 27.5. The summed E-state index contributed by atoms with van der Waals surface area (Å²) >= 11 is 0. The van der Waals surface area contributed by atoms with Crippen LogP contribution in [0.5, 0.6) is 0 Å². The lowest BCUT2D eigenvalue weighted by molar-refractivity contribution is 0.691. The molecule has 2 spiro atoms. The zero-order valence-corrected chi connectivity index (χ0v) is 60.2. The van der Waals surface area contributed by atoms with Crippen molar-refractivity contribution in [3.8, 4) is 89.0 Å². The van der Waals surface area contributed by atoms with Crippen molar-refractivity contribution in [1.82, 2.24) is 0 Å². The predicted molar refractivity (Wildman–Crippen MR) is 459 cm³/mol. The molecule has 26 rings (SSSR count). The Kier molecular flexibility index (Phi) is 11.8. The molecule has 0 amide bonds. The minimum Gasteiger partial charge on any atom is -0.334 e. The van der Waals surface area contributed by atoms with Gasteiger partial charge in [-0.2, -0.15) is 0 Å². The fourth-order valence-electron chi connectivity index (χ4n) is 23.6. The predicted octanol–water partition coefficient (Wildman–Crippen LogP) is 22.2. The van der Waals surface area contributed by atoms with Crippen LogP contribution in [0.2, 0.25) is 0 Å². The molecule has 2 nitrogen and oxygen atoms in total. The Hall–Kier alpha value is -13.3. The summed E-state index contributed by atoms with van der Waals surface area (Å²) < 4.78 is 0. The molecule has 16 aromatic rings. The van der Waals surface area contributed by atoms with Gasteiger partial charge in [-0.25, -0.2) is 0 Å². The Morgan fingerprint density at radius 1 is 0.318 bits per heavy atom. The first kappa shape index (κ1) is 59.8. The zero-order valence-electron chi connectivity index (χ0n) is 60.2. The largest absolute Gasteiger partial charge is 0.334 e. The van der Waals surface area contributed by atoms with Crippen LogP contribution in [-0.2, 0) is 10.8 Å². The number of hydrogen-bond donors (Lipinski definition) is 0. The maximum atomic E-state index is 2.89. The first-order valence-corrected chi connectivity index (χ1v) is 39.4. The van der Waals surface area contributed by atoms with E-state index in [0.29, 0.717) is 0 Å². The average molecular weight is 1390 g/mol. The van der Waals surface area contributed by atoms with Crippen LogP contribution in [0.15, 0.2) is 364 Å². The first-order valence-electron chi connectivity index (χ1n) is 39.4. The minimum atomic E-state index is -0.575. The van der Waals surface area contributed by atoms with Crippen LogP contribution >= 0.6 is 0 Å². The molecule has 0 fully saturated rings. The molecule has 10 aliphatic rings. The highest BCUT2D eigenvalue weighted by atomic mass is 15.2. The second kappa shape index (κ2) is 21.8. The van der Waals surface area contributed by atoms with E-state index in [1.165, 1.54) is 217 Å². The number of benzene rings is 16. The maximum Gasteiger partial charge on any atom is 0.248 e. The number of nitrogens with zero attached hydrogens (tertiary/aromatic N) is 2. The summed E-state index contributed by atoms with van der Waals surface area (Å²) in [6.45, 7) is -0.268. The van der Waals surface area contributed by atoms with Crippen LogP contribution in [0.1, 0.15) is 79.4 Å². The summed E-state index contributed by atoms with van der Waals surface area (Å²) in [4.78, 5) is 5.68. The van der Waals surface area contributed by atoms with Crippen molar-refractivity contribution in [3.63, 3.8) is 0 Å². The zero-order chi connectivity index (χ0) is 71.4. The monoisotopic (exact) mass is 1390 g/mol. The van der Waals surface area contributed by atoms with E-state index in [9.17, 15) is 0 Å². The third-order valence-corrected chi connectivity index (χ3v) is 27.5. The number of fused-ring (bicyclic) bond motifs is 26. The molecule has 0 saturated heterocycles. The van der Waals surface area contributed by atoms with Crippen molar-refractivity contribution in [3.05, 3.63) is 425 Å². The highest BCUT2D eigenvalue weighted by Crippen LogP contribution is 2.67. The molecule has 506 valence electrons. The molecule has 0 radical (unpaired) electrons. The van der Waals surface area contributed by atoms with E-state index < -0.39 is 10.8 Å². The molecular weight excluding hydrogens is 1320 g/mol. The molecule has 0 saturated carbocycles. The summed E-state index contributed by atoms with van der Waals surface area (Å²) in [6.07, 6.45) is 15.7. The van der Waals surface area contributed by atoms with Gasteiger partial charge in [0, 0.05) is 34.2 Å². The van der Waals surface area contributed by atoms with Crippen LogP contribution < -0.4 is 37.1 Å². The smallest absolute Gasteiger partial charge is 0.248 e. The molecule has 3 atom stereocenters. The third kappa shape index (κ3) is 7.30. The molecule has 0 bridgehead atoms. The molecule has 4 heterocycles. The van der Waals surface area contributed by atoms with Gasteiger partial charge < -0.3 is 9.80 Å². The first-order chi connectivity index (χ1) is 54.7. The summed E-state index contributed by atoms with van der Waals surface area (Å²) in [5.41, 5.74) is 47.8. The lowest BCUT2D eigenvalue weighted by Gasteiger charge is -2.52. The maximum absolute atomic E-state index is 2.89. The standard InChI is InChI=1S/C106H66B2N2/c1-4-30-63(31-5-1)66-36-10-11-45-75(66)98-76-46-28-54-88-99(76)101-100-77(98)47-29-55-89(100)108-91-61-87-79(74-44-17-25-53-85(74)106(87)82-50-22-14-41-71(82)72-42-15-23-51-83(72)106)59-95(91)110(93-57-27-19-38-68(93)65-34-8-3-9-35-65)97-62-96-103(102(101)104(97)108)107(88)90-60-86-78(58-94(90)109(96)92-56-26-18-37-67(92)64-32-6-2-7-33-64)73-43-16-24-52-84(73)105(86)80-48-20-12-39-69(80)70-40-13-21-49-81(70)105/h1-54,56-62,67,89,92H,55H2. The SMILES string of the molecule is C1=CC(c2ccccc2)C(N2c3cc4c(cc3B3c5c2cc2c6c5-c5c7c(c(-c8ccccc8-c8ccccc8)c8cccc3c58)C=CCC7B6c3cc5c(cc3N2c2ccccc2-c2ccccc2)-c2ccccc2C52c3ccccc3-c3ccccc32)C2(c3ccccc3-c3ccccc32)c2ccccc2-4)C=C1. The van der Waals surface area contributed by atoms with Crippen LogP contribution in [0, 0.1) is 0 Å². The van der Waals surface area contributed by atoms with E-state index in [-0.39, 0.29) is 31.2 Å². The summed E-state index contributed by atoms with van der Waals surface area (Å²) in [6, 6.07) is 130. The highest BCUT2D eigenvalue weighted by molar-refractivity contribution is 7.02. The van der Waals surface area contributed by atoms with Gasteiger partial charge in [0.15, 0.2) is 0 Å². The van der Waals surface area contributed by atoms with Gasteiger partial charge in [-0.1, -0.05) is 351 Å². The quantitative estimate of drug-likeness (QED) is 0.153. The number of rotatable bonds is 6. The van der Waals surface area contributed by atoms with Crippen molar-refractivity contribution < 1.29 is 0 Å². The number of anilines is 5. The van der Waals surface area contributed by atoms with Crippen molar-refractivity contribution >= 4 is 86.0 Å². The summed E-state index contributed by atoms with van der Waals surface area (Å²) in [5, 5.41) is 2.70. The number of allylic oxidation sites excluding steroid dienone is 3. The van der Waals surface area contributed by atoms with E-state index in [2.05, 4.69) is 380 Å². The molecule has 0 aromatic heterocycles. The van der Waals surface area contributed by atoms with Crippen molar-refractivity contribution in [2.75, 3.05) is 9.80 Å². The van der Waals surface area contributed by atoms with Gasteiger partial charge in [-0.15, -0.1) is 0 Å². The molecular formula is C106H66B2N2. The van der Waals surface area contributed by atoms with Gasteiger partial charge in [-0.3, -0.25) is 0 Å². The second-order valence-electron chi connectivity index (χ2n) is 32.0. The Balaban J connectivity index is 0.856. The van der Waals surface area contributed by atoms with E-state index in [1.54, 1.807) is 0 Å². The Bertz CT molecular complexity index is 6850. The summed E-state index contributed by atoms with van der Waals surface area (Å²) in [5.74, 6) is 0.0609. The van der Waals surface area contributed by atoms with E-state index in [1.807, 2.05) is 0 Å². The molecule has 16 aromatic carbocycles. The lowest BCUT2D eigenvalue weighted by Crippen LogP contribution is -2.66. The van der Waals surface area contributed by atoms with E-state index >= 15 is 0 Å². The summed E-state index contributed by atoms with van der Waals surface area (Å²) in [7, 11) is 0. The van der Waals surface area contributed by atoms with Crippen LogP contribution in [-0.4, -0.2) is 19.5 Å². The fraction of sp³-hybridized carbons (Fsp3) is 0.0566. The van der Waals surface area contributed by atoms with Gasteiger partial charge in [0.2, 0.25) is 13.4 Å². The number of hydrogen-bond acceptors (Lipinski definition) is 2. The molecule has 110 heavy (non-hydrogen) atoms. The normalized spacial score (nSPS) is 17.5. The number of para-hydroxylation sites is 1. The molecule has 3 unspecified atom stereocenters. The van der Waals surface area contributed by atoms with Crippen molar-refractivity contribution in [2.45, 2.75) is 35.0 Å². The second-order valence-corrected chi connectivity index (χ2v) is 32.0. The molecule has 0 N–H and O–H groups in total. The van der Waals surface area contributed by atoms with Gasteiger partial charge in [-0.05, 0) is 214 Å². The lowest BCUT2D eigenvalue weighted by atomic mass is 9.23. The van der Waals surface area contributed by atoms with Crippen LogP contribution in [0.3, 0.4) is 0 Å². The van der Waals surface area contributed by atoms with Crippen molar-refractivity contribution in [1.29, 1.82) is 0 Å². The Labute approximate surface area is 640 Å². The van der Waals surface area contributed by atoms with Gasteiger partial charge >= 0.3 is 0 Å². The van der Waals surface area contributed by atoms with E-state index in [4.69, 9.17) is 0 Å². The Morgan fingerprint density at radius 2 is 0.800 bits per heavy atom. The minimum absolute atomic E-state index is 0.00342. The highest BCUT2D eigenvalue weighted by Gasteiger charge is 2.59. The van der Waals surface area contributed by atoms with Gasteiger partial charge in [0.1, 0.15) is 0 Å². The topological polar surface area (TPSA) is 6.48 Å². The average Bonchev–Trinajstić information content (AvgIpc) is 0.814. The van der Waals surface area contributed by atoms with Gasteiger partial charge in [0.25, 0.3) is 0 Å².